The van der Waals surface area contributed by atoms with Crippen molar-refractivity contribution in [2.45, 2.75) is 109 Å². The maximum atomic E-state index is 11.5. The molecule has 0 aromatic carbocycles. The molecule has 2 heterocycles. The van der Waals surface area contributed by atoms with Gasteiger partial charge in [-0.2, -0.15) is 0 Å². The molecule has 0 bridgehead atoms. The summed E-state index contributed by atoms with van der Waals surface area (Å²) in [5, 5.41) is 9.99. The predicted octanol–water partition coefficient (Wildman–Crippen LogP) is 4.22. The van der Waals surface area contributed by atoms with Gasteiger partial charge in [0.25, 0.3) is 0 Å². The zero-order chi connectivity index (χ0) is 18.8. The molecule has 1 fully saturated rings. The van der Waals surface area contributed by atoms with Gasteiger partial charge in [0.1, 0.15) is 12.2 Å². The first-order chi connectivity index (χ1) is 12.6. The molecule has 26 heavy (non-hydrogen) atoms. The highest BCUT2D eigenvalue weighted by molar-refractivity contribution is 5.90. The van der Waals surface area contributed by atoms with E-state index in [4.69, 9.17) is 9.47 Å². The van der Waals surface area contributed by atoms with Gasteiger partial charge in [-0.05, 0) is 38.7 Å². The number of aliphatic hydroxyl groups is 1. The van der Waals surface area contributed by atoms with E-state index in [1.165, 1.54) is 38.5 Å². The van der Waals surface area contributed by atoms with Gasteiger partial charge in [0, 0.05) is 12.0 Å². The molecule has 2 aliphatic rings. The molecule has 5 heteroatoms. The second kappa shape index (κ2) is 11.4. The molecule has 148 valence electrons. The summed E-state index contributed by atoms with van der Waals surface area (Å²) in [6, 6.07) is 0. The van der Waals surface area contributed by atoms with Gasteiger partial charge >= 0.3 is 11.9 Å². The van der Waals surface area contributed by atoms with Gasteiger partial charge in [-0.1, -0.05) is 51.4 Å². The van der Waals surface area contributed by atoms with E-state index in [-0.39, 0.29) is 24.1 Å². The van der Waals surface area contributed by atoms with Crippen LogP contribution >= 0.6 is 0 Å². The zero-order valence-corrected chi connectivity index (χ0v) is 16.1. The van der Waals surface area contributed by atoms with Gasteiger partial charge in [0.2, 0.25) is 0 Å². The largest absolute Gasteiger partial charge is 0.460 e. The summed E-state index contributed by atoms with van der Waals surface area (Å²) in [7, 11) is 0. The van der Waals surface area contributed by atoms with E-state index in [9.17, 15) is 14.7 Å². The van der Waals surface area contributed by atoms with Crippen LogP contribution in [0.15, 0.2) is 11.6 Å². The Balaban J connectivity index is 1.34. The number of carbonyl (C=O) groups excluding carboxylic acids is 2. The number of unbranched alkanes of at least 4 members (excludes halogenated alkanes) is 8. The lowest BCUT2D eigenvalue weighted by Gasteiger charge is -2.16. The quantitative estimate of drug-likeness (QED) is 0.390. The number of ether oxygens (including phenoxy) is 2. The molecule has 0 saturated carbocycles. The van der Waals surface area contributed by atoms with Crippen LogP contribution < -0.4 is 0 Å². The average Bonchev–Trinajstić information content (AvgIpc) is 3.17. The minimum absolute atomic E-state index is 0.0493. The van der Waals surface area contributed by atoms with Crippen LogP contribution in [-0.2, 0) is 19.1 Å². The molecule has 5 nitrogen and oxygen atoms in total. The fourth-order valence-electron chi connectivity index (χ4n) is 3.73. The fourth-order valence-corrected chi connectivity index (χ4v) is 3.73. The lowest BCUT2D eigenvalue weighted by Crippen LogP contribution is -2.25. The van der Waals surface area contributed by atoms with Crippen molar-refractivity contribution in [3.8, 4) is 0 Å². The van der Waals surface area contributed by atoms with E-state index in [1.807, 2.05) is 13.0 Å². The van der Waals surface area contributed by atoms with Crippen LogP contribution in [0.1, 0.15) is 90.4 Å². The van der Waals surface area contributed by atoms with E-state index in [0.29, 0.717) is 12.8 Å². The third kappa shape index (κ3) is 7.48. The Kier molecular flexibility index (Phi) is 9.16. The predicted molar refractivity (Wildman–Crippen MR) is 99.5 cm³/mol. The first-order valence-electron chi connectivity index (χ1n) is 10.4. The Labute approximate surface area is 157 Å². The monoisotopic (exact) mass is 366 g/mol. The molecule has 1 saturated heterocycles. The van der Waals surface area contributed by atoms with Crippen LogP contribution in [0.3, 0.4) is 0 Å². The highest BCUT2D eigenvalue weighted by Crippen LogP contribution is 2.22. The topological polar surface area (TPSA) is 72.8 Å². The van der Waals surface area contributed by atoms with E-state index < -0.39 is 6.10 Å². The third-order valence-corrected chi connectivity index (χ3v) is 5.28. The van der Waals surface area contributed by atoms with Crippen molar-refractivity contribution < 1.29 is 24.2 Å². The summed E-state index contributed by atoms with van der Waals surface area (Å²) >= 11 is 0. The number of rotatable bonds is 13. The normalized spacial score (nSPS) is 23.7. The lowest BCUT2D eigenvalue weighted by atomic mass is 10.0. The number of carbonyl (C=O) groups is 2. The van der Waals surface area contributed by atoms with Crippen molar-refractivity contribution >= 4 is 11.9 Å². The maximum absolute atomic E-state index is 11.5. The van der Waals surface area contributed by atoms with Gasteiger partial charge in [-0.25, -0.2) is 4.79 Å². The van der Waals surface area contributed by atoms with Crippen molar-refractivity contribution in [1.29, 1.82) is 0 Å². The summed E-state index contributed by atoms with van der Waals surface area (Å²) < 4.78 is 10.2. The Bertz CT molecular complexity index is 485. The Morgan fingerprint density at radius 2 is 1.62 bits per heavy atom. The zero-order valence-electron chi connectivity index (χ0n) is 16.1. The molecule has 2 rings (SSSR count). The van der Waals surface area contributed by atoms with Gasteiger partial charge in [-0.3, -0.25) is 4.79 Å². The molecule has 0 amide bonds. The van der Waals surface area contributed by atoms with E-state index in [1.54, 1.807) is 0 Å². The molecular weight excluding hydrogens is 332 g/mol. The van der Waals surface area contributed by atoms with Crippen molar-refractivity contribution in [3.05, 3.63) is 11.6 Å². The number of esters is 2. The van der Waals surface area contributed by atoms with Gasteiger partial charge in [-0.15, -0.1) is 0 Å². The average molecular weight is 366 g/mol. The van der Waals surface area contributed by atoms with Gasteiger partial charge < -0.3 is 14.6 Å². The van der Waals surface area contributed by atoms with E-state index in [2.05, 4.69) is 0 Å². The van der Waals surface area contributed by atoms with Crippen LogP contribution in [0, 0.1) is 0 Å². The molecule has 0 aromatic heterocycles. The van der Waals surface area contributed by atoms with Crippen LogP contribution in [0.4, 0.5) is 0 Å². The Hall–Kier alpha value is -1.36. The maximum Gasteiger partial charge on any atom is 0.334 e. The second-order valence-electron chi connectivity index (χ2n) is 7.66. The highest BCUT2D eigenvalue weighted by Gasteiger charge is 2.29. The van der Waals surface area contributed by atoms with Crippen molar-refractivity contribution in [1.82, 2.24) is 0 Å². The van der Waals surface area contributed by atoms with E-state index in [0.717, 1.165) is 37.7 Å². The summed E-state index contributed by atoms with van der Waals surface area (Å²) in [5.41, 5.74) is 0.854. The second-order valence-corrected chi connectivity index (χ2v) is 7.66. The standard InChI is InChI=1S/C21H34O5/c1-16-15-17(21(24)25-16)11-9-7-5-3-2-4-6-8-10-12-18(22)19-13-14-20(23)26-19/h15-16,18-19,22H,2-14H2,1H3/t16-,18+,19+/m1/s1. The van der Waals surface area contributed by atoms with Crippen LogP contribution in [0.5, 0.6) is 0 Å². The van der Waals surface area contributed by atoms with Crippen molar-refractivity contribution in [3.63, 3.8) is 0 Å². The minimum Gasteiger partial charge on any atom is -0.460 e. The molecule has 3 atom stereocenters. The number of aliphatic hydroxyl groups excluding tert-OH is 1. The molecule has 0 unspecified atom stereocenters. The summed E-state index contributed by atoms with van der Waals surface area (Å²) in [5.74, 6) is -0.308. The summed E-state index contributed by atoms with van der Waals surface area (Å²) in [4.78, 5) is 22.5. The van der Waals surface area contributed by atoms with E-state index >= 15 is 0 Å². The van der Waals surface area contributed by atoms with Gasteiger partial charge in [0.15, 0.2) is 0 Å². The first-order valence-corrected chi connectivity index (χ1v) is 10.4. The molecule has 0 aliphatic carbocycles. The number of hydrogen-bond acceptors (Lipinski definition) is 5. The number of cyclic esters (lactones) is 2. The fraction of sp³-hybridized carbons (Fsp3) is 0.810. The van der Waals surface area contributed by atoms with Crippen LogP contribution in [0.25, 0.3) is 0 Å². The van der Waals surface area contributed by atoms with Crippen LogP contribution in [-0.4, -0.2) is 35.4 Å². The minimum atomic E-state index is -0.489. The van der Waals surface area contributed by atoms with Crippen LogP contribution in [0.2, 0.25) is 0 Å². The smallest absolute Gasteiger partial charge is 0.334 e. The van der Waals surface area contributed by atoms with Gasteiger partial charge in [0.05, 0.1) is 6.10 Å². The number of hydrogen-bond donors (Lipinski definition) is 1. The molecule has 2 aliphatic heterocycles. The molecule has 0 aromatic rings. The Morgan fingerprint density at radius 1 is 1.00 bits per heavy atom. The first kappa shape index (κ1) is 20.9. The Morgan fingerprint density at radius 3 is 2.15 bits per heavy atom. The summed E-state index contributed by atoms with van der Waals surface area (Å²) in [6.07, 6.45) is 14.4. The molecule has 0 radical (unpaired) electrons. The SMILES string of the molecule is C[C@@H]1C=C(CCCCCCCCCCC[C@H](O)[C@@H]2CCC(=O)O2)C(=O)O1. The summed E-state index contributed by atoms with van der Waals surface area (Å²) in [6.45, 7) is 1.90. The molecular formula is C21H34O5. The third-order valence-electron chi connectivity index (χ3n) is 5.28. The highest BCUT2D eigenvalue weighted by atomic mass is 16.6. The molecule has 0 spiro atoms. The van der Waals surface area contributed by atoms with Crippen molar-refractivity contribution in [2.24, 2.45) is 0 Å². The van der Waals surface area contributed by atoms with Crippen molar-refractivity contribution in [2.75, 3.05) is 0 Å². The lowest BCUT2D eigenvalue weighted by molar-refractivity contribution is -0.145. The molecule has 1 N–H and O–H groups in total.